The van der Waals surface area contributed by atoms with Crippen molar-refractivity contribution in [3.63, 3.8) is 0 Å². The van der Waals surface area contributed by atoms with Gasteiger partial charge in [0, 0.05) is 18.0 Å². The summed E-state index contributed by atoms with van der Waals surface area (Å²) in [5.74, 6) is 0.0552. The van der Waals surface area contributed by atoms with Crippen LogP contribution in [-0.2, 0) is 6.42 Å². The number of phenolic OH excluding ortho intramolecular Hbond substituents is 3. The minimum absolute atomic E-state index is 0.0461. The number of phenols is 3. The third-order valence-corrected chi connectivity index (χ3v) is 4.24. The van der Waals surface area contributed by atoms with Crippen LogP contribution in [0.15, 0.2) is 30.3 Å². The highest BCUT2D eigenvalue weighted by molar-refractivity contribution is 5.57. The van der Waals surface area contributed by atoms with Crippen LogP contribution in [0.1, 0.15) is 28.2 Å². The SMILES string of the molecule is Cc1c(O)c(O)cc2c1C(c1ccccc1O)CNCC2. The summed E-state index contributed by atoms with van der Waals surface area (Å²) in [5.41, 5.74) is 3.53. The quantitative estimate of drug-likeness (QED) is 0.607. The van der Waals surface area contributed by atoms with Gasteiger partial charge in [-0.2, -0.15) is 0 Å². The molecule has 110 valence electrons. The molecule has 0 bridgehead atoms. The number of benzene rings is 2. The van der Waals surface area contributed by atoms with Crippen molar-refractivity contribution in [3.05, 3.63) is 52.6 Å². The Hall–Kier alpha value is -2.20. The van der Waals surface area contributed by atoms with Crippen molar-refractivity contribution in [2.45, 2.75) is 19.3 Å². The molecule has 1 unspecified atom stereocenters. The van der Waals surface area contributed by atoms with Gasteiger partial charge < -0.3 is 20.6 Å². The lowest BCUT2D eigenvalue weighted by Crippen LogP contribution is -2.21. The molecule has 1 aliphatic heterocycles. The summed E-state index contributed by atoms with van der Waals surface area (Å²) in [5, 5.41) is 33.4. The molecule has 21 heavy (non-hydrogen) atoms. The smallest absolute Gasteiger partial charge is 0.160 e. The Bertz CT molecular complexity index is 682. The van der Waals surface area contributed by atoms with Crippen molar-refractivity contribution >= 4 is 0 Å². The molecule has 0 amide bonds. The Labute approximate surface area is 123 Å². The predicted octanol–water partition coefficient (Wildman–Crippen LogP) is 2.39. The molecule has 0 saturated carbocycles. The largest absolute Gasteiger partial charge is 0.508 e. The molecule has 3 rings (SSSR count). The second-order valence-corrected chi connectivity index (χ2v) is 5.51. The fourth-order valence-corrected chi connectivity index (χ4v) is 3.18. The maximum Gasteiger partial charge on any atom is 0.160 e. The van der Waals surface area contributed by atoms with Crippen LogP contribution in [0.2, 0.25) is 0 Å². The van der Waals surface area contributed by atoms with Crippen molar-refractivity contribution in [1.82, 2.24) is 5.32 Å². The summed E-state index contributed by atoms with van der Waals surface area (Å²) in [6.07, 6.45) is 0.786. The molecule has 0 radical (unpaired) electrons. The molecular weight excluding hydrogens is 266 g/mol. The monoisotopic (exact) mass is 285 g/mol. The van der Waals surface area contributed by atoms with Gasteiger partial charge in [-0.15, -0.1) is 0 Å². The summed E-state index contributed by atoms with van der Waals surface area (Å²) in [6, 6.07) is 8.91. The van der Waals surface area contributed by atoms with E-state index in [1.807, 2.05) is 19.1 Å². The van der Waals surface area contributed by atoms with E-state index < -0.39 is 0 Å². The molecule has 0 aromatic heterocycles. The number of para-hydroxylation sites is 1. The molecule has 2 aromatic carbocycles. The van der Waals surface area contributed by atoms with Crippen molar-refractivity contribution in [2.75, 3.05) is 13.1 Å². The van der Waals surface area contributed by atoms with E-state index in [4.69, 9.17) is 0 Å². The molecule has 0 aliphatic carbocycles. The van der Waals surface area contributed by atoms with Crippen LogP contribution in [0.3, 0.4) is 0 Å². The topological polar surface area (TPSA) is 72.7 Å². The Morgan fingerprint density at radius 1 is 1.10 bits per heavy atom. The standard InChI is InChI=1S/C17H19NO3/c1-10-16-11(8-15(20)17(10)21)6-7-18-9-13(16)12-4-2-3-5-14(12)19/h2-5,8,13,18-21H,6-7,9H2,1H3. The second kappa shape index (κ2) is 5.30. The van der Waals surface area contributed by atoms with Crippen LogP contribution >= 0.6 is 0 Å². The van der Waals surface area contributed by atoms with Gasteiger partial charge in [-0.1, -0.05) is 18.2 Å². The molecule has 4 heteroatoms. The second-order valence-electron chi connectivity index (χ2n) is 5.51. The van der Waals surface area contributed by atoms with Gasteiger partial charge in [0.1, 0.15) is 5.75 Å². The Morgan fingerprint density at radius 3 is 2.62 bits per heavy atom. The third kappa shape index (κ3) is 2.32. The van der Waals surface area contributed by atoms with Gasteiger partial charge in [-0.25, -0.2) is 0 Å². The maximum atomic E-state index is 10.2. The van der Waals surface area contributed by atoms with Gasteiger partial charge in [0.2, 0.25) is 0 Å². The molecule has 4 nitrogen and oxygen atoms in total. The summed E-state index contributed by atoms with van der Waals surface area (Å²) in [7, 11) is 0. The third-order valence-electron chi connectivity index (χ3n) is 4.24. The lowest BCUT2D eigenvalue weighted by atomic mass is 9.84. The van der Waals surface area contributed by atoms with E-state index >= 15 is 0 Å². The van der Waals surface area contributed by atoms with E-state index in [9.17, 15) is 15.3 Å². The van der Waals surface area contributed by atoms with E-state index in [2.05, 4.69) is 5.32 Å². The number of hydrogen-bond acceptors (Lipinski definition) is 4. The highest BCUT2D eigenvalue weighted by Gasteiger charge is 2.26. The van der Waals surface area contributed by atoms with Crippen LogP contribution in [0.25, 0.3) is 0 Å². The summed E-state index contributed by atoms with van der Waals surface area (Å²) >= 11 is 0. The summed E-state index contributed by atoms with van der Waals surface area (Å²) in [4.78, 5) is 0. The molecule has 0 spiro atoms. The number of fused-ring (bicyclic) bond motifs is 1. The van der Waals surface area contributed by atoms with Crippen molar-refractivity contribution < 1.29 is 15.3 Å². The number of aromatic hydroxyl groups is 3. The minimum atomic E-state index is -0.0795. The summed E-state index contributed by atoms with van der Waals surface area (Å²) < 4.78 is 0. The Kier molecular flexibility index (Phi) is 3.47. The molecule has 0 fully saturated rings. The van der Waals surface area contributed by atoms with Gasteiger partial charge in [-0.3, -0.25) is 0 Å². The lowest BCUT2D eigenvalue weighted by Gasteiger charge is -2.22. The minimum Gasteiger partial charge on any atom is -0.508 e. The predicted molar refractivity (Wildman–Crippen MR) is 81.0 cm³/mol. The first-order valence-electron chi connectivity index (χ1n) is 7.12. The normalized spacial score (nSPS) is 18.0. The van der Waals surface area contributed by atoms with Crippen molar-refractivity contribution in [2.24, 2.45) is 0 Å². The maximum absolute atomic E-state index is 10.2. The van der Waals surface area contributed by atoms with Crippen LogP contribution in [0, 0.1) is 6.92 Å². The van der Waals surface area contributed by atoms with Gasteiger partial charge in [0.15, 0.2) is 11.5 Å². The Balaban J connectivity index is 2.22. The van der Waals surface area contributed by atoms with Crippen LogP contribution in [-0.4, -0.2) is 28.4 Å². The molecule has 0 saturated heterocycles. The first-order valence-corrected chi connectivity index (χ1v) is 7.12. The number of hydrogen-bond donors (Lipinski definition) is 4. The van der Waals surface area contributed by atoms with Crippen LogP contribution in [0.5, 0.6) is 17.2 Å². The van der Waals surface area contributed by atoms with Gasteiger partial charge in [0.25, 0.3) is 0 Å². The molecule has 1 aliphatic rings. The van der Waals surface area contributed by atoms with Crippen LogP contribution < -0.4 is 5.32 Å². The lowest BCUT2D eigenvalue weighted by molar-refractivity contribution is 0.399. The van der Waals surface area contributed by atoms with E-state index in [1.54, 1.807) is 18.2 Å². The zero-order valence-corrected chi connectivity index (χ0v) is 11.9. The fourth-order valence-electron chi connectivity index (χ4n) is 3.18. The number of nitrogens with one attached hydrogen (secondary N) is 1. The van der Waals surface area contributed by atoms with Gasteiger partial charge in [0.05, 0.1) is 0 Å². The average molecular weight is 285 g/mol. The van der Waals surface area contributed by atoms with Crippen molar-refractivity contribution in [1.29, 1.82) is 0 Å². The molecule has 1 heterocycles. The first kappa shape index (κ1) is 13.8. The molecule has 4 N–H and O–H groups in total. The zero-order chi connectivity index (χ0) is 15.0. The average Bonchev–Trinajstić information content (AvgIpc) is 2.68. The van der Waals surface area contributed by atoms with E-state index in [-0.39, 0.29) is 23.2 Å². The molecule has 2 aromatic rings. The molecular formula is C17H19NO3. The van der Waals surface area contributed by atoms with Crippen LogP contribution in [0.4, 0.5) is 0 Å². The van der Waals surface area contributed by atoms with E-state index in [1.165, 1.54) is 0 Å². The van der Waals surface area contributed by atoms with Crippen molar-refractivity contribution in [3.8, 4) is 17.2 Å². The fraction of sp³-hybridized carbons (Fsp3) is 0.294. The zero-order valence-electron chi connectivity index (χ0n) is 11.9. The number of rotatable bonds is 1. The van der Waals surface area contributed by atoms with E-state index in [0.717, 1.165) is 29.7 Å². The van der Waals surface area contributed by atoms with E-state index in [0.29, 0.717) is 12.1 Å². The highest BCUT2D eigenvalue weighted by atomic mass is 16.3. The van der Waals surface area contributed by atoms with Gasteiger partial charge >= 0.3 is 0 Å². The Morgan fingerprint density at radius 2 is 1.86 bits per heavy atom. The summed E-state index contributed by atoms with van der Waals surface area (Å²) in [6.45, 7) is 3.31. The highest BCUT2D eigenvalue weighted by Crippen LogP contribution is 2.41. The first-order chi connectivity index (χ1) is 10.1. The molecule has 1 atom stereocenters. The van der Waals surface area contributed by atoms with Gasteiger partial charge in [-0.05, 0) is 48.7 Å².